The van der Waals surface area contributed by atoms with Gasteiger partial charge in [0.2, 0.25) is 0 Å². The fourth-order valence-electron chi connectivity index (χ4n) is 0.970. The monoisotopic (exact) mass is 222 g/mol. The summed E-state index contributed by atoms with van der Waals surface area (Å²) in [4.78, 5) is 21.3. The van der Waals surface area contributed by atoms with Crippen molar-refractivity contribution in [2.75, 3.05) is 0 Å². The minimum atomic E-state index is -0.926. The van der Waals surface area contributed by atoms with E-state index in [1.807, 2.05) is 0 Å². The zero-order chi connectivity index (χ0) is 10.4. The summed E-state index contributed by atoms with van der Waals surface area (Å²) in [6.07, 6.45) is 1.08. The van der Waals surface area contributed by atoms with Crippen LogP contribution >= 0.6 is 0 Å². The maximum absolute atomic E-state index is 10.6. The van der Waals surface area contributed by atoms with Crippen molar-refractivity contribution in [3.8, 4) is 0 Å². The third kappa shape index (κ3) is 4.43. The summed E-state index contributed by atoms with van der Waals surface area (Å²) in [6.45, 7) is 3.58. The summed E-state index contributed by atoms with van der Waals surface area (Å²) in [5.41, 5.74) is 0. The van der Waals surface area contributed by atoms with Crippen LogP contribution in [0.4, 0.5) is 0 Å². The van der Waals surface area contributed by atoms with Gasteiger partial charge in [0, 0.05) is 0 Å². The van der Waals surface area contributed by atoms with Gasteiger partial charge in [-0.2, -0.15) is 0 Å². The maximum atomic E-state index is 10.6. The van der Waals surface area contributed by atoms with E-state index in [0.717, 1.165) is 0 Å². The zero-order valence-corrected chi connectivity index (χ0v) is 9.34. The molecule has 4 nitrogen and oxygen atoms in total. The molecule has 13 heavy (non-hydrogen) atoms. The molecule has 0 aromatic rings. The SMILES string of the molecule is CC[CH]([Ti][CH](CC)C(=O)O)C(=O)O. The molecule has 2 atom stereocenters. The van der Waals surface area contributed by atoms with Gasteiger partial charge in [-0.05, 0) is 0 Å². The molecule has 0 bridgehead atoms. The normalized spacial score (nSPS) is 14.6. The quantitative estimate of drug-likeness (QED) is 0.669. The number of carboxylic acid groups (broad SMARTS) is 2. The molecule has 0 heterocycles. The van der Waals surface area contributed by atoms with Crippen LogP contribution in [0, 0.1) is 0 Å². The Morgan fingerprint density at radius 1 is 1.08 bits per heavy atom. The average molecular weight is 222 g/mol. The van der Waals surface area contributed by atoms with Crippen LogP contribution in [0.1, 0.15) is 26.7 Å². The van der Waals surface area contributed by atoms with Crippen molar-refractivity contribution < 1.29 is 39.0 Å². The van der Waals surface area contributed by atoms with Crippen molar-refractivity contribution in [3.63, 3.8) is 0 Å². The first kappa shape index (κ1) is 12.7. The number of hydrogen-bond acceptors (Lipinski definition) is 2. The Balaban J connectivity index is 4.19. The first-order chi connectivity index (χ1) is 6.02. The number of rotatable bonds is 6. The molecule has 0 rings (SSSR count). The van der Waals surface area contributed by atoms with Crippen molar-refractivity contribution in [3.05, 3.63) is 0 Å². The number of hydrogen-bond donors (Lipinski definition) is 2. The Kier molecular flexibility index (Phi) is 6.00. The van der Waals surface area contributed by atoms with Gasteiger partial charge < -0.3 is 0 Å². The Morgan fingerprint density at radius 2 is 1.38 bits per heavy atom. The fourth-order valence-corrected chi connectivity index (χ4v) is 2.91. The average Bonchev–Trinajstić information content (AvgIpc) is 2.05. The first-order valence-corrected chi connectivity index (χ1v) is 6.04. The van der Waals surface area contributed by atoms with Gasteiger partial charge in [-0.25, -0.2) is 0 Å². The topological polar surface area (TPSA) is 74.6 Å². The molecule has 0 aromatic carbocycles. The summed E-state index contributed by atoms with van der Waals surface area (Å²) in [5, 5.41) is 17.5. The first-order valence-electron chi connectivity index (χ1n) is 4.24. The van der Waals surface area contributed by atoms with Gasteiger partial charge in [-0.1, -0.05) is 0 Å². The fraction of sp³-hybridized carbons (Fsp3) is 0.750. The molecule has 74 valence electrons. The summed E-state index contributed by atoms with van der Waals surface area (Å²) >= 11 is -0.926. The number of carboxylic acids is 2. The molecule has 0 aliphatic rings. The van der Waals surface area contributed by atoms with E-state index in [1.54, 1.807) is 13.8 Å². The van der Waals surface area contributed by atoms with E-state index >= 15 is 0 Å². The summed E-state index contributed by atoms with van der Waals surface area (Å²) in [6, 6.07) is 0. The van der Waals surface area contributed by atoms with E-state index in [9.17, 15) is 9.59 Å². The van der Waals surface area contributed by atoms with Crippen LogP contribution in [0.2, 0.25) is 8.45 Å². The standard InChI is InChI=1S/2C4H7O2.Ti/c2*1-2-3-4(5)6;/h2*3H,2H2,1H3,(H,5,6);. The Bertz CT molecular complexity index is 173. The van der Waals surface area contributed by atoms with Gasteiger partial charge in [0.05, 0.1) is 0 Å². The number of carbonyl (C=O) groups is 2. The zero-order valence-electron chi connectivity index (χ0n) is 7.78. The molecular formula is C8H14O4Ti. The van der Waals surface area contributed by atoms with E-state index in [1.165, 1.54) is 0 Å². The van der Waals surface area contributed by atoms with Crippen LogP contribution in [0.25, 0.3) is 0 Å². The molecule has 0 radical (unpaired) electrons. The summed E-state index contributed by atoms with van der Waals surface area (Å²) < 4.78 is -0.804. The third-order valence-electron chi connectivity index (χ3n) is 1.82. The second-order valence-electron chi connectivity index (χ2n) is 2.76. The van der Waals surface area contributed by atoms with Crippen molar-refractivity contribution in [2.24, 2.45) is 0 Å². The van der Waals surface area contributed by atoms with Gasteiger partial charge in [-0.3, -0.25) is 0 Å². The number of aliphatic carboxylic acids is 2. The van der Waals surface area contributed by atoms with Gasteiger partial charge in [0.25, 0.3) is 0 Å². The van der Waals surface area contributed by atoms with Crippen LogP contribution in [-0.2, 0) is 28.7 Å². The molecule has 0 aliphatic heterocycles. The van der Waals surface area contributed by atoms with Gasteiger partial charge in [0.15, 0.2) is 0 Å². The second kappa shape index (κ2) is 6.16. The Morgan fingerprint density at radius 3 is 1.54 bits per heavy atom. The van der Waals surface area contributed by atoms with E-state index in [0.29, 0.717) is 12.8 Å². The molecule has 2 N–H and O–H groups in total. The molecule has 0 aliphatic carbocycles. The van der Waals surface area contributed by atoms with Crippen LogP contribution in [0.3, 0.4) is 0 Å². The third-order valence-corrected chi connectivity index (χ3v) is 5.12. The molecule has 0 saturated carbocycles. The molecule has 0 saturated heterocycles. The van der Waals surface area contributed by atoms with E-state index in [4.69, 9.17) is 10.2 Å². The van der Waals surface area contributed by atoms with Crippen molar-refractivity contribution in [1.29, 1.82) is 0 Å². The predicted octanol–water partition coefficient (Wildman–Crippen LogP) is 1.64. The second-order valence-corrected chi connectivity index (χ2v) is 5.46. The van der Waals surface area contributed by atoms with Gasteiger partial charge in [-0.15, -0.1) is 0 Å². The van der Waals surface area contributed by atoms with Gasteiger partial charge in [0.1, 0.15) is 0 Å². The molecule has 0 spiro atoms. The van der Waals surface area contributed by atoms with E-state index in [2.05, 4.69) is 0 Å². The van der Waals surface area contributed by atoms with E-state index in [-0.39, 0.29) is 0 Å². The minimum absolute atomic E-state index is 0.402. The Labute approximate surface area is 86.3 Å². The summed E-state index contributed by atoms with van der Waals surface area (Å²) in [7, 11) is 0. The predicted molar refractivity (Wildman–Crippen MR) is 43.4 cm³/mol. The molecule has 5 heteroatoms. The van der Waals surface area contributed by atoms with Crippen LogP contribution in [0.5, 0.6) is 0 Å². The van der Waals surface area contributed by atoms with Crippen molar-refractivity contribution in [1.82, 2.24) is 0 Å². The van der Waals surface area contributed by atoms with Crippen molar-refractivity contribution in [2.45, 2.75) is 35.1 Å². The van der Waals surface area contributed by atoms with Crippen LogP contribution in [0.15, 0.2) is 0 Å². The van der Waals surface area contributed by atoms with Gasteiger partial charge >= 0.3 is 86.0 Å². The molecule has 0 aromatic heterocycles. The van der Waals surface area contributed by atoms with Crippen LogP contribution < -0.4 is 0 Å². The summed E-state index contributed by atoms with van der Waals surface area (Å²) in [5.74, 6) is -1.69. The van der Waals surface area contributed by atoms with Crippen molar-refractivity contribution >= 4 is 11.9 Å². The molecular weight excluding hydrogens is 208 g/mol. The Hall–Kier alpha value is -0.346. The van der Waals surface area contributed by atoms with Crippen LogP contribution in [-0.4, -0.2) is 22.2 Å². The molecule has 2 unspecified atom stereocenters. The molecule has 0 amide bonds. The van der Waals surface area contributed by atoms with E-state index < -0.39 is 39.5 Å². The molecule has 0 fully saturated rings.